The molecule has 0 aliphatic heterocycles. The van der Waals surface area contributed by atoms with E-state index >= 15 is 0 Å². The number of esters is 3. The molecule has 0 saturated carbocycles. The van der Waals surface area contributed by atoms with Crippen LogP contribution in [0.1, 0.15) is 290 Å². The van der Waals surface area contributed by atoms with Gasteiger partial charge in [0.15, 0.2) is 6.10 Å². The van der Waals surface area contributed by atoms with Crippen LogP contribution < -0.4 is 0 Å². The maximum absolute atomic E-state index is 12.8. The lowest BCUT2D eigenvalue weighted by atomic mass is 10.1. The molecule has 0 fully saturated rings. The van der Waals surface area contributed by atoms with Crippen molar-refractivity contribution in [3.05, 3.63) is 60.8 Å². The number of allylic oxidation sites excluding steroid dienone is 10. The van der Waals surface area contributed by atoms with Crippen molar-refractivity contribution in [3.8, 4) is 0 Å². The molecule has 0 N–H and O–H groups in total. The summed E-state index contributed by atoms with van der Waals surface area (Å²) in [5.41, 5.74) is 0. The van der Waals surface area contributed by atoms with Crippen molar-refractivity contribution in [2.24, 2.45) is 0 Å². The highest BCUT2D eigenvalue weighted by Gasteiger charge is 2.19. The Morgan fingerprint density at radius 2 is 0.537 bits per heavy atom. The molecule has 0 bridgehead atoms. The van der Waals surface area contributed by atoms with Crippen molar-refractivity contribution in [2.45, 2.75) is 297 Å². The fourth-order valence-electron chi connectivity index (χ4n) is 8.09. The maximum atomic E-state index is 12.8. The van der Waals surface area contributed by atoms with Crippen molar-refractivity contribution in [2.75, 3.05) is 13.2 Å². The summed E-state index contributed by atoms with van der Waals surface area (Å²) in [6.07, 6.45) is 69.1. The Labute approximate surface area is 415 Å². The number of carbonyl (C=O) groups is 3. The molecule has 0 spiro atoms. The normalized spacial score (nSPS) is 12.5. The maximum Gasteiger partial charge on any atom is 0.306 e. The van der Waals surface area contributed by atoms with Gasteiger partial charge in [0.1, 0.15) is 13.2 Å². The van der Waals surface area contributed by atoms with E-state index in [-0.39, 0.29) is 31.1 Å². The Morgan fingerprint density at radius 3 is 0.866 bits per heavy atom. The molecule has 0 radical (unpaired) electrons. The fraction of sp³-hybridized carbons (Fsp3) is 0.787. The van der Waals surface area contributed by atoms with Crippen LogP contribution in [-0.2, 0) is 28.6 Å². The molecule has 6 heteroatoms. The van der Waals surface area contributed by atoms with E-state index < -0.39 is 6.10 Å². The molecule has 0 aliphatic carbocycles. The van der Waals surface area contributed by atoms with E-state index in [2.05, 4.69) is 81.5 Å². The van der Waals surface area contributed by atoms with Crippen LogP contribution in [0.25, 0.3) is 0 Å². The number of hydrogen-bond donors (Lipinski definition) is 0. The largest absolute Gasteiger partial charge is 0.462 e. The molecule has 0 aliphatic rings. The first kappa shape index (κ1) is 64.1. The molecule has 0 rings (SSSR count). The molecule has 0 saturated heterocycles. The minimum absolute atomic E-state index is 0.0818. The van der Waals surface area contributed by atoms with E-state index in [1.807, 2.05) is 0 Å². The highest BCUT2D eigenvalue weighted by atomic mass is 16.6. The van der Waals surface area contributed by atoms with Gasteiger partial charge in [-0.1, -0.05) is 223 Å². The monoisotopic (exact) mass is 937 g/mol. The van der Waals surface area contributed by atoms with Gasteiger partial charge >= 0.3 is 17.9 Å². The minimum Gasteiger partial charge on any atom is -0.462 e. The van der Waals surface area contributed by atoms with E-state index in [0.29, 0.717) is 19.3 Å². The van der Waals surface area contributed by atoms with Crippen LogP contribution in [0.4, 0.5) is 0 Å². The molecular formula is C61H108O6. The number of unbranched alkanes of at least 4 members (excludes halogenated alkanes) is 31. The Hall–Kier alpha value is -2.89. The van der Waals surface area contributed by atoms with Gasteiger partial charge in [-0.25, -0.2) is 0 Å². The second-order valence-corrected chi connectivity index (χ2v) is 19.2. The number of ether oxygens (including phenoxy) is 3. The predicted octanol–water partition coefficient (Wildman–Crippen LogP) is 19.2. The molecule has 6 nitrogen and oxygen atoms in total. The SMILES string of the molecule is CCCCC/C=C\C/C=C\CCCCCCCCCCCC(=O)OC[C@H](COC(=O)CCCCCCC/C=C\C/C=C\CCCCC)OC(=O)CCCCCCCCC/C=C\CCCCCC. The standard InChI is InChI=1S/C61H108O6/c1-4-7-10-13-16-19-22-25-28-29-30-31-34-36-39-42-45-48-51-54-60(63)66-57-58(67-61(64)55-52-49-46-43-40-37-33-27-24-21-18-15-12-9-6-3)56-65-59(62)53-50-47-44-41-38-35-32-26-23-20-17-14-11-8-5-2/h16-17,19-21,24-26,28,32,58H,4-15,18,22-23,27,29-31,33-57H2,1-3H3/b19-16-,20-17-,24-21-,28-25-,32-26-/t58-/m0/s1. The molecule has 0 aromatic rings. The van der Waals surface area contributed by atoms with Crippen LogP contribution in [0.15, 0.2) is 60.8 Å². The lowest BCUT2D eigenvalue weighted by Crippen LogP contribution is -2.30. The van der Waals surface area contributed by atoms with Crippen molar-refractivity contribution < 1.29 is 28.6 Å². The molecule has 0 aromatic carbocycles. The highest BCUT2D eigenvalue weighted by Crippen LogP contribution is 2.15. The second-order valence-electron chi connectivity index (χ2n) is 19.2. The summed E-state index contributed by atoms with van der Waals surface area (Å²) in [7, 11) is 0. The lowest BCUT2D eigenvalue weighted by Gasteiger charge is -2.18. The van der Waals surface area contributed by atoms with Crippen LogP contribution in [0, 0.1) is 0 Å². The van der Waals surface area contributed by atoms with Crippen LogP contribution in [0.3, 0.4) is 0 Å². The number of hydrogen-bond acceptors (Lipinski definition) is 6. The average molecular weight is 938 g/mol. The average Bonchev–Trinajstić information content (AvgIpc) is 3.33. The highest BCUT2D eigenvalue weighted by molar-refractivity contribution is 5.71. The van der Waals surface area contributed by atoms with E-state index in [0.717, 1.165) is 83.5 Å². The summed E-state index contributed by atoms with van der Waals surface area (Å²) in [4.78, 5) is 38.1. The molecule has 388 valence electrons. The van der Waals surface area contributed by atoms with Crippen molar-refractivity contribution in [1.29, 1.82) is 0 Å². The summed E-state index contributed by atoms with van der Waals surface area (Å²) in [6, 6.07) is 0. The number of carbonyl (C=O) groups excluding carboxylic acids is 3. The Morgan fingerprint density at radius 1 is 0.299 bits per heavy atom. The van der Waals surface area contributed by atoms with Crippen LogP contribution >= 0.6 is 0 Å². The van der Waals surface area contributed by atoms with E-state index in [1.165, 1.54) is 167 Å². The van der Waals surface area contributed by atoms with Gasteiger partial charge in [-0.2, -0.15) is 0 Å². The van der Waals surface area contributed by atoms with Gasteiger partial charge < -0.3 is 14.2 Å². The Balaban J connectivity index is 4.38. The van der Waals surface area contributed by atoms with Gasteiger partial charge in [0, 0.05) is 19.3 Å². The van der Waals surface area contributed by atoms with E-state index in [1.54, 1.807) is 0 Å². The zero-order valence-corrected chi connectivity index (χ0v) is 44.4. The number of rotatable bonds is 52. The fourth-order valence-corrected chi connectivity index (χ4v) is 8.09. The van der Waals surface area contributed by atoms with Crippen LogP contribution in [0.5, 0.6) is 0 Å². The third-order valence-corrected chi connectivity index (χ3v) is 12.5. The van der Waals surface area contributed by atoms with Crippen molar-refractivity contribution in [1.82, 2.24) is 0 Å². The topological polar surface area (TPSA) is 78.9 Å². The van der Waals surface area contributed by atoms with Gasteiger partial charge in [0.25, 0.3) is 0 Å². The molecule has 0 heterocycles. The summed E-state index contributed by atoms with van der Waals surface area (Å²) >= 11 is 0. The first-order valence-corrected chi connectivity index (χ1v) is 28.8. The molecular weight excluding hydrogens is 829 g/mol. The van der Waals surface area contributed by atoms with E-state index in [4.69, 9.17) is 14.2 Å². The van der Waals surface area contributed by atoms with Crippen LogP contribution in [0.2, 0.25) is 0 Å². The summed E-state index contributed by atoms with van der Waals surface area (Å²) in [5.74, 6) is -0.894. The third-order valence-electron chi connectivity index (χ3n) is 12.5. The van der Waals surface area contributed by atoms with Gasteiger partial charge in [0.05, 0.1) is 0 Å². The first-order valence-electron chi connectivity index (χ1n) is 28.8. The Kier molecular flexibility index (Phi) is 53.3. The van der Waals surface area contributed by atoms with Crippen LogP contribution in [-0.4, -0.2) is 37.2 Å². The summed E-state index contributed by atoms with van der Waals surface area (Å²) < 4.78 is 16.9. The second kappa shape index (κ2) is 55.7. The quantitative estimate of drug-likeness (QED) is 0.0262. The lowest BCUT2D eigenvalue weighted by molar-refractivity contribution is -0.167. The Bertz CT molecular complexity index is 1210. The van der Waals surface area contributed by atoms with E-state index in [9.17, 15) is 14.4 Å². The van der Waals surface area contributed by atoms with Gasteiger partial charge in [-0.15, -0.1) is 0 Å². The third kappa shape index (κ3) is 53.9. The zero-order chi connectivity index (χ0) is 48.6. The van der Waals surface area contributed by atoms with Crippen molar-refractivity contribution >= 4 is 17.9 Å². The molecule has 0 unspecified atom stereocenters. The molecule has 1 atom stereocenters. The molecule has 67 heavy (non-hydrogen) atoms. The summed E-state index contributed by atoms with van der Waals surface area (Å²) in [6.45, 7) is 6.58. The van der Waals surface area contributed by atoms with Gasteiger partial charge in [0.2, 0.25) is 0 Å². The zero-order valence-electron chi connectivity index (χ0n) is 44.4. The molecule has 0 aromatic heterocycles. The summed E-state index contributed by atoms with van der Waals surface area (Å²) in [5, 5.41) is 0. The minimum atomic E-state index is -0.784. The smallest absolute Gasteiger partial charge is 0.306 e. The first-order chi connectivity index (χ1) is 33.0. The molecule has 0 amide bonds. The van der Waals surface area contributed by atoms with Crippen molar-refractivity contribution in [3.63, 3.8) is 0 Å². The predicted molar refractivity (Wildman–Crippen MR) is 288 cm³/mol. The van der Waals surface area contributed by atoms with Gasteiger partial charge in [-0.3, -0.25) is 14.4 Å². The van der Waals surface area contributed by atoms with Gasteiger partial charge in [-0.05, 0) is 109 Å².